The second kappa shape index (κ2) is 12.2. The third-order valence-corrected chi connectivity index (χ3v) is 8.38. The van der Waals surface area contributed by atoms with Gasteiger partial charge in [0.15, 0.2) is 11.5 Å². The topological polar surface area (TPSA) is 113 Å². The minimum absolute atomic E-state index is 0.0642. The summed E-state index contributed by atoms with van der Waals surface area (Å²) in [6, 6.07) is 6.70. The number of carbonyl (C=O) groups excluding carboxylic acids is 2. The van der Waals surface area contributed by atoms with E-state index in [0.717, 1.165) is 18.1 Å². The van der Waals surface area contributed by atoms with Crippen molar-refractivity contribution in [1.82, 2.24) is 29.7 Å². The van der Waals surface area contributed by atoms with Gasteiger partial charge in [-0.05, 0) is 62.1 Å². The number of aryl methyl sites for hydroxylation is 2. The molecule has 0 saturated carbocycles. The quantitative estimate of drug-likeness (QED) is 0.347. The number of pyridine rings is 2. The van der Waals surface area contributed by atoms with Gasteiger partial charge in [-0.3, -0.25) is 14.6 Å². The van der Waals surface area contributed by atoms with Gasteiger partial charge in [-0.15, -0.1) is 0 Å². The fourth-order valence-corrected chi connectivity index (χ4v) is 6.27. The Morgan fingerprint density at radius 2 is 1.98 bits per heavy atom. The molecule has 6 rings (SSSR count). The van der Waals surface area contributed by atoms with Crippen LogP contribution in [0.15, 0.2) is 54.0 Å². The van der Waals surface area contributed by atoms with Crippen LogP contribution < -0.4 is 15.9 Å². The normalized spacial score (nSPS) is 16.7. The molecule has 5 heterocycles. The Morgan fingerprint density at radius 3 is 2.73 bits per heavy atom. The molecule has 4 aromatic rings. The van der Waals surface area contributed by atoms with Crippen LogP contribution in [-0.2, 0) is 17.6 Å². The lowest BCUT2D eigenvalue weighted by Crippen LogP contribution is -2.54. The Bertz CT molecular complexity index is 1910. The van der Waals surface area contributed by atoms with Gasteiger partial charge in [0, 0.05) is 38.4 Å². The zero-order chi connectivity index (χ0) is 31.8. The SMILES string of the molecule is C=CC(=O)N1CCN(c2nc(=O)n3c4nc(c(F)cc24)-c2c(F)cccc2C(=O)NCCCc2ccnc(CCC)c2-3)[C@@H](C)C1. The first-order valence-electron chi connectivity index (χ1n) is 15.1. The van der Waals surface area contributed by atoms with E-state index in [1.165, 1.54) is 28.8 Å². The molecule has 45 heavy (non-hydrogen) atoms. The molecule has 1 fully saturated rings. The highest BCUT2D eigenvalue weighted by Crippen LogP contribution is 2.35. The number of piperazine rings is 1. The van der Waals surface area contributed by atoms with Crippen molar-refractivity contribution in [3.05, 3.63) is 88.1 Å². The minimum atomic E-state index is -0.877. The van der Waals surface area contributed by atoms with Crippen LogP contribution in [0.4, 0.5) is 14.6 Å². The van der Waals surface area contributed by atoms with Crippen LogP contribution in [0.25, 0.3) is 28.0 Å². The summed E-state index contributed by atoms with van der Waals surface area (Å²) in [7, 11) is 0. The number of halogens is 2. The minimum Gasteiger partial charge on any atom is -0.352 e. The Labute approximate surface area is 258 Å². The fraction of sp³-hybridized carbons (Fsp3) is 0.333. The predicted octanol–water partition coefficient (Wildman–Crippen LogP) is 3.97. The first-order chi connectivity index (χ1) is 21.7. The van der Waals surface area contributed by atoms with Gasteiger partial charge in [-0.2, -0.15) is 4.98 Å². The van der Waals surface area contributed by atoms with E-state index in [2.05, 4.69) is 26.8 Å². The maximum Gasteiger partial charge on any atom is 0.355 e. The summed E-state index contributed by atoms with van der Waals surface area (Å²) in [5.74, 6) is -2.25. The molecule has 2 aliphatic heterocycles. The second-order valence-electron chi connectivity index (χ2n) is 11.3. The van der Waals surface area contributed by atoms with Crippen LogP contribution in [0.5, 0.6) is 0 Å². The Morgan fingerprint density at radius 1 is 1.16 bits per heavy atom. The van der Waals surface area contributed by atoms with Crippen LogP contribution in [0.2, 0.25) is 0 Å². The van der Waals surface area contributed by atoms with E-state index >= 15 is 8.78 Å². The average Bonchev–Trinajstić information content (AvgIpc) is 3.03. The van der Waals surface area contributed by atoms with Gasteiger partial charge in [0.05, 0.1) is 27.9 Å². The maximum atomic E-state index is 16.2. The monoisotopic (exact) mass is 613 g/mol. The third-order valence-electron chi connectivity index (χ3n) is 8.38. The van der Waals surface area contributed by atoms with Crippen LogP contribution in [-0.4, -0.2) is 68.5 Å². The largest absolute Gasteiger partial charge is 0.355 e. The van der Waals surface area contributed by atoms with Gasteiger partial charge in [-0.1, -0.05) is 26.0 Å². The summed E-state index contributed by atoms with van der Waals surface area (Å²) >= 11 is 0. The lowest BCUT2D eigenvalue weighted by atomic mass is 10.0. The maximum absolute atomic E-state index is 16.2. The molecule has 232 valence electrons. The molecule has 1 aromatic carbocycles. The Balaban J connectivity index is 1.69. The summed E-state index contributed by atoms with van der Waals surface area (Å²) in [5.41, 5.74) is 0.612. The molecule has 2 amide bonds. The van der Waals surface area contributed by atoms with E-state index in [-0.39, 0.29) is 46.5 Å². The van der Waals surface area contributed by atoms with Crippen molar-refractivity contribution in [2.45, 2.75) is 45.6 Å². The summed E-state index contributed by atoms with van der Waals surface area (Å²) in [6.07, 6.45) is 5.25. The summed E-state index contributed by atoms with van der Waals surface area (Å²) in [6.45, 7) is 8.74. The van der Waals surface area contributed by atoms with Gasteiger partial charge in [0.2, 0.25) is 5.91 Å². The zero-order valence-corrected chi connectivity index (χ0v) is 25.1. The number of benzene rings is 1. The molecule has 0 radical (unpaired) electrons. The van der Waals surface area contributed by atoms with Crippen LogP contribution in [0.1, 0.15) is 48.3 Å². The molecule has 0 aliphatic carbocycles. The van der Waals surface area contributed by atoms with Crippen molar-refractivity contribution in [2.24, 2.45) is 0 Å². The molecule has 0 spiro atoms. The molecular weight excluding hydrogens is 580 g/mol. The fourth-order valence-electron chi connectivity index (χ4n) is 6.27. The number of amides is 2. The predicted molar refractivity (Wildman–Crippen MR) is 167 cm³/mol. The first-order valence-corrected chi connectivity index (χ1v) is 15.1. The van der Waals surface area contributed by atoms with Crippen LogP contribution >= 0.6 is 0 Å². The van der Waals surface area contributed by atoms with Crippen molar-refractivity contribution in [3.63, 3.8) is 0 Å². The van der Waals surface area contributed by atoms with E-state index in [9.17, 15) is 14.4 Å². The van der Waals surface area contributed by atoms with E-state index in [1.54, 1.807) is 11.1 Å². The van der Waals surface area contributed by atoms with Crippen molar-refractivity contribution in [2.75, 3.05) is 31.1 Å². The van der Waals surface area contributed by atoms with Crippen molar-refractivity contribution < 1.29 is 18.4 Å². The highest BCUT2D eigenvalue weighted by molar-refractivity contribution is 6.01. The number of rotatable bonds is 4. The summed E-state index contributed by atoms with van der Waals surface area (Å²) < 4.78 is 33.1. The van der Waals surface area contributed by atoms with Gasteiger partial charge < -0.3 is 15.1 Å². The first kappa shape index (κ1) is 30.0. The zero-order valence-electron chi connectivity index (χ0n) is 25.1. The van der Waals surface area contributed by atoms with Gasteiger partial charge in [-0.25, -0.2) is 23.1 Å². The van der Waals surface area contributed by atoms with Crippen molar-refractivity contribution in [1.29, 1.82) is 0 Å². The number of nitrogens with zero attached hydrogens (tertiary/aromatic N) is 6. The molecule has 10 nitrogen and oxygen atoms in total. The molecule has 2 aliphatic rings. The molecule has 3 aromatic heterocycles. The van der Waals surface area contributed by atoms with Gasteiger partial charge in [0.25, 0.3) is 5.91 Å². The van der Waals surface area contributed by atoms with Crippen LogP contribution in [0.3, 0.4) is 0 Å². The molecule has 1 N–H and O–H groups in total. The van der Waals surface area contributed by atoms with Crippen LogP contribution in [0, 0.1) is 11.6 Å². The average molecular weight is 614 g/mol. The third kappa shape index (κ3) is 5.34. The lowest BCUT2D eigenvalue weighted by Gasteiger charge is -2.40. The molecule has 2 bridgehead atoms. The van der Waals surface area contributed by atoms with E-state index in [0.29, 0.717) is 50.3 Å². The number of hydrogen-bond acceptors (Lipinski definition) is 7. The molecule has 1 atom stereocenters. The highest BCUT2D eigenvalue weighted by atomic mass is 19.1. The van der Waals surface area contributed by atoms with E-state index in [4.69, 9.17) is 0 Å². The molecule has 0 unspecified atom stereocenters. The smallest absolute Gasteiger partial charge is 0.352 e. The van der Waals surface area contributed by atoms with Gasteiger partial charge in [0.1, 0.15) is 17.3 Å². The van der Waals surface area contributed by atoms with E-state index in [1.807, 2.05) is 24.8 Å². The van der Waals surface area contributed by atoms with Gasteiger partial charge >= 0.3 is 5.69 Å². The summed E-state index contributed by atoms with van der Waals surface area (Å²) in [5, 5.41) is 3.05. The number of fused-ring (bicyclic) bond motifs is 5. The summed E-state index contributed by atoms with van der Waals surface area (Å²) in [4.78, 5) is 57.0. The molecule has 1 saturated heterocycles. The number of nitrogens with one attached hydrogen (secondary N) is 1. The Hall–Kier alpha value is -5.00. The number of hydrogen-bond donors (Lipinski definition) is 1. The molecular formula is C33H33F2N7O3. The Kier molecular flexibility index (Phi) is 8.13. The number of aromatic nitrogens is 4. The lowest BCUT2D eigenvalue weighted by molar-refractivity contribution is -0.126. The van der Waals surface area contributed by atoms with Crippen molar-refractivity contribution >= 4 is 28.7 Å². The molecule has 12 heteroatoms. The second-order valence-corrected chi connectivity index (χ2v) is 11.3. The standard InChI is InChI=1S/C33H33F2N7O3/c1-4-8-25-29-20(12-14-36-25)9-7-13-37-32(44)21-10-6-11-23(34)27(21)28-24(35)17-22-30(39-33(45)42(29)31(22)38-28)41-16-15-40(18-19(41)3)26(43)5-2/h5-6,10-12,14,17,19H,2,4,7-9,13,15-16,18H2,1,3H3,(H,37,44)/t19-/m0/s1. The van der Waals surface area contributed by atoms with E-state index < -0.39 is 28.9 Å². The van der Waals surface area contributed by atoms with Crippen molar-refractivity contribution in [3.8, 4) is 16.9 Å². The highest BCUT2D eigenvalue weighted by Gasteiger charge is 2.31. The number of anilines is 1. The number of carbonyl (C=O) groups is 2.